The first-order valence-electron chi connectivity index (χ1n) is 12.2. The van der Waals surface area contributed by atoms with E-state index in [4.69, 9.17) is 4.74 Å². The zero-order valence-corrected chi connectivity index (χ0v) is 21.4. The molecule has 3 aromatic rings. The summed E-state index contributed by atoms with van der Waals surface area (Å²) in [6.45, 7) is 8.71. The van der Waals surface area contributed by atoms with Gasteiger partial charge in [0.15, 0.2) is 0 Å². The maximum Gasteiger partial charge on any atom is 0.418 e. The van der Waals surface area contributed by atoms with Crippen molar-refractivity contribution < 1.29 is 22.7 Å². The molecule has 2 aliphatic heterocycles. The molecule has 0 spiro atoms. The minimum atomic E-state index is -4.25. The number of nitrogens with zero attached hydrogens (tertiary/aromatic N) is 5. The highest BCUT2D eigenvalue weighted by Gasteiger charge is 2.39. The number of rotatable bonds is 4. The van der Waals surface area contributed by atoms with E-state index >= 15 is 0 Å². The Labute approximate surface area is 211 Å². The number of halogens is 3. The van der Waals surface area contributed by atoms with Crippen molar-refractivity contribution in [3.63, 3.8) is 0 Å². The first-order valence-corrected chi connectivity index (χ1v) is 13.0. The molecule has 0 saturated carbocycles. The molecular weight excluding hydrogens is 491 g/mol. The van der Waals surface area contributed by atoms with E-state index in [-0.39, 0.29) is 11.0 Å². The fourth-order valence-corrected chi connectivity index (χ4v) is 6.36. The largest absolute Gasteiger partial charge is 0.443 e. The van der Waals surface area contributed by atoms with Crippen molar-refractivity contribution in [2.75, 3.05) is 24.5 Å². The van der Waals surface area contributed by atoms with E-state index in [9.17, 15) is 18.0 Å². The standard InChI is InChI=1S/C25H30F3N5O2S/c1-24(2,3)35-23(34)33-8-4-5-17(33)14-31-9-6-16-13-32(10-7-20(16)31)21-19-11-18(12-25(26,27)28)36-22(19)30-15-29-21/h4-5,8,11,15-16,20H,6-7,9-10,12-14H2,1-3H3/t16-,20+/m1/s1. The Morgan fingerprint density at radius 2 is 2.00 bits per heavy atom. The fraction of sp³-hybridized carbons (Fsp3) is 0.560. The summed E-state index contributed by atoms with van der Waals surface area (Å²) in [6.07, 6.45) is -0.436. The number of piperidine rings is 1. The number of hydrogen-bond acceptors (Lipinski definition) is 7. The van der Waals surface area contributed by atoms with E-state index in [0.29, 0.717) is 28.7 Å². The molecule has 0 aliphatic carbocycles. The van der Waals surface area contributed by atoms with Crippen LogP contribution in [0.4, 0.5) is 23.8 Å². The van der Waals surface area contributed by atoms with Crippen LogP contribution in [-0.4, -0.2) is 63.0 Å². The fourth-order valence-electron chi connectivity index (χ4n) is 5.34. The third-order valence-electron chi connectivity index (χ3n) is 6.77. The van der Waals surface area contributed by atoms with E-state index in [1.165, 1.54) is 6.33 Å². The summed E-state index contributed by atoms with van der Waals surface area (Å²) < 4.78 is 45.9. The predicted molar refractivity (Wildman–Crippen MR) is 132 cm³/mol. The van der Waals surface area contributed by atoms with Crippen molar-refractivity contribution in [2.24, 2.45) is 5.92 Å². The van der Waals surface area contributed by atoms with Crippen LogP contribution in [0.25, 0.3) is 10.2 Å². The normalized spacial score (nSPS) is 21.2. The van der Waals surface area contributed by atoms with Gasteiger partial charge in [-0.3, -0.25) is 9.47 Å². The summed E-state index contributed by atoms with van der Waals surface area (Å²) in [5, 5.41) is 0.699. The number of hydrogen-bond donors (Lipinski definition) is 0. The van der Waals surface area contributed by atoms with E-state index < -0.39 is 18.2 Å². The number of aromatic nitrogens is 3. The Balaban J connectivity index is 1.28. The molecule has 11 heteroatoms. The molecule has 5 heterocycles. The van der Waals surface area contributed by atoms with Gasteiger partial charge in [0, 0.05) is 42.4 Å². The van der Waals surface area contributed by atoms with Gasteiger partial charge in [-0.25, -0.2) is 14.8 Å². The quantitative estimate of drug-likeness (QED) is 0.453. The van der Waals surface area contributed by atoms with Crippen molar-refractivity contribution in [2.45, 2.75) is 64.4 Å². The Bertz CT molecular complexity index is 1250. The van der Waals surface area contributed by atoms with Crippen LogP contribution in [-0.2, 0) is 17.7 Å². The average Bonchev–Trinajstić information content (AvgIpc) is 3.49. The molecule has 7 nitrogen and oxygen atoms in total. The third kappa shape index (κ3) is 5.36. The van der Waals surface area contributed by atoms with E-state index in [1.54, 1.807) is 16.8 Å². The Morgan fingerprint density at radius 3 is 2.75 bits per heavy atom. The number of ether oxygens (including phenoxy) is 1. The molecule has 0 N–H and O–H groups in total. The second-order valence-electron chi connectivity index (χ2n) is 10.6. The van der Waals surface area contributed by atoms with Gasteiger partial charge in [0.25, 0.3) is 0 Å². The Hall–Kier alpha value is -2.66. The molecule has 0 amide bonds. The zero-order valence-electron chi connectivity index (χ0n) is 20.6. The molecule has 0 aromatic carbocycles. The van der Waals surface area contributed by atoms with Gasteiger partial charge in [-0.15, -0.1) is 11.3 Å². The second kappa shape index (κ2) is 9.33. The topological polar surface area (TPSA) is 63.5 Å². The van der Waals surface area contributed by atoms with Gasteiger partial charge in [0.1, 0.15) is 22.6 Å². The number of alkyl halides is 3. The molecule has 0 unspecified atom stereocenters. The third-order valence-corrected chi connectivity index (χ3v) is 7.82. The number of carbonyl (C=O) groups excluding carboxylic acids is 1. The molecule has 194 valence electrons. The van der Waals surface area contributed by atoms with Crippen molar-refractivity contribution in [3.8, 4) is 0 Å². The molecule has 0 radical (unpaired) electrons. The maximum absolute atomic E-state index is 12.9. The summed E-state index contributed by atoms with van der Waals surface area (Å²) >= 11 is 1.08. The first-order chi connectivity index (χ1) is 17.0. The minimum Gasteiger partial charge on any atom is -0.443 e. The van der Waals surface area contributed by atoms with Crippen molar-refractivity contribution >= 4 is 33.5 Å². The molecule has 0 bridgehead atoms. The molecule has 5 rings (SSSR count). The summed E-state index contributed by atoms with van der Waals surface area (Å²) in [6, 6.07) is 5.80. The van der Waals surface area contributed by atoms with Crippen LogP contribution in [0.5, 0.6) is 0 Å². The highest BCUT2D eigenvalue weighted by molar-refractivity contribution is 7.18. The van der Waals surface area contributed by atoms with Gasteiger partial charge < -0.3 is 9.64 Å². The van der Waals surface area contributed by atoms with E-state index in [1.807, 2.05) is 32.9 Å². The summed E-state index contributed by atoms with van der Waals surface area (Å²) in [7, 11) is 0. The first kappa shape index (κ1) is 25.0. The number of thiophene rings is 1. The lowest BCUT2D eigenvalue weighted by molar-refractivity contribution is -0.126. The molecule has 2 aliphatic rings. The van der Waals surface area contributed by atoms with Gasteiger partial charge >= 0.3 is 12.3 Å². The summed E-state index contributed by atoms with van der Waals surface area (Å²) in [5.41, 5.74) is 0.340. The molecule has 3 aromatic heterocycles. The monoisotopic (exact) mass is 521 g/mol. The van der Waals surface area contributed by atoms with Crippen LogP contribution in [0, 0.1) is 5.92 Å². The Morgan fingerprint density at radius 1 is 1.19 bits per heavy atom. The lowest BCUT2D eigenvalue weighted by Gasteiger charge is -2.38. The Kier molecular flexibility index (Phi) is 6.48. The number of anilines is 1. The van der Waals surface area contributed by atoms with Gasteiger partial charge in [-0.2, -0.15) is 13.2 Å². The summed E-state index contributed by atoms with van der Waals surface area (Å²) in [4.78, 5) is 26.8. The average molecular weight is 522 g/mol. The van der Waals surface area contributed by atoms with Crippen LogP contribution in [0.2, 0.25) is 0 Å². The second-order valence-corrected chi connectivity index (χ2v) is 11.7. The minimum absolute atomic E-state index is 0.258. The van der Waals surface area contributed by atoms with Crippen molar-refractivity contribution in [1.29, 1.82) is 0 Å². The van der Waals surface area contributed by atoms with Gasteiger partial charge in [0.2, 0.25) is 0 Å². The molecule has 2 saturated heterocycles. The van der Waals surface area contributed by atoms with Gasteiger partial charge in [-0.05, 0) is 64.3 Å². The highest BCUT2D eigenvalue weighted by Crippen LogP contribution is 2.38. The van der Waals surface area contributed by atoms with E-state index in [0.717, 1.165) is 55.3 Å². The lowest BCUT2D eigenvalue weighted by atomic mass is 9.92. The maximum atomic E-state index is 12.9. The predicted octanol–water partition coefficient (Wildman–Crippen LogP) is 5.48. The highest BCUT2D eigenvalue weighted by atomic mass is 32.1. The molecule has 2 atom stereocenters. The van der Waals surface area contributed by atoms with Crippen molar-refractivity contribution in [1.82, 2.24) is 19.4 Å². The van der Waals surface area contributed by atoms with E-state index in [2.05, 4.69) is 19.8 Å². The van der Waals surface area contributed by atoms with Gasteiger partial charge in [0.05, 0.1) is 11.8 Å². The van der Waals surface area contributed by atoms with Gasteiger partial charge in [-0.1, -0.05) is 0 Å². The smallest absolute Gasteiger partial charge is 0.418 e. The lowest BCUT2D eigenvalue weighted by Crippen LogP contribution is -2.46. The number of carbonyl (C=O) groups is 1. The molecule has 36 heavy (non-hydrogen) atoms. The molecule has 2 fully saturated rings. The zero-order chi connectivity index (χ0) is 25.7. The van der Waals surface area contributed by atoms with Crippen LogP contribution in [0.3, 0.4) is 0 Å². The van der Waals surface area contributed by atoms with Crippen LogP contribution in [0.1, 0.15) is 44.2 Å². The number of fused-ring (bicyclic) bond motifs is 2. The van der Waals surface area contributed by atoms with Crippen LogP contribution < -0.4 is 4.90 Å². The van der Waals surface area contributed by atoms with Crippen LogP contribution in [0.15, 0.2) is 30.7 Å². The van der Waals surface area contributed by atoms with Crippen LogP contribution >= 0.6 is 11.3 Å². The number of likely N-dealkylation sites (tertiary alicyclic amines) is 1. The summed E-state index contributed by atoms with van der Waals surface area (Å²) in [5.74, 6) is 1.14. The molecular formula is C25H30F3N5O2S. The van der Waals surface area contributed by atoms with Crippen molar-refractivity contribution in [3.05, 3.63) is 41.3 Å². The SMILES string of the molecule is CC(C)(C)OC(=O)n1cccc1CN1CC[C@@H]2CN(c3ncnc4sc(CC(F)(F)F)cc34)CC[C@@H]21.